The van der Waals surface area contributed by atoms with Crippen LogP contribution in [0.5, 0.6) is 0 Å². The number of aromatic nitrogens is 2. The number of aryl methyl sites for hydroxylation is 1. The van der Waals surface area contributed by atoms with Crippen LogP contribution in [0.2, 0.25) is 0 Å². The molecule has 0 fully saturated rings. The van der Waals surface area contributed by atoms with Crippen molar-refractivity contribution in [1.29, 1.82) is 0 Å². The lowest BCUT2D eigenvalue weighted by molar-refractivity contribution is 0.0989. The third-order valence-corrected chi connectivity index (χ3v) is 3.38. The average Bonchev–Trinajstić information content (AvgIpc) is 2.92. The van der Waals surface area contributed by atoms with Gasteiger partial charge in [0.25, 0.3) is 5.91 Å². The first-order chi connectivity index (χ1) is 9.08. The summed E-state index contributed by atoms with van der Waals surface area (Å²) in [5.41, 5.74) is 8.26. The molecule has 0 atom stereocenters. The van der Waals surface area contributed by atoms with E-state index in [0.717, 1.165) is 12.0 Å². The number of hydrogen-bond donors (Lipinski definition) is 2. The van der Waals surface area contributed by atoms with Crippen LogP contribution in [-0.2, 0) is 6.42 Å². The molecule has 0 radical (unpaired) electrons. The summed E-state index contributed by atoms with van der Waals surface area (Å²) in [5, 5.41) is 6.49. The Morgan fingerprint density at radius 1 is 1.53 bits per heavy atom. The van der Waals surface area contributed by atoms with Gasteiger partial charge in [-0.25, -0.2) is 4.39 Å². The molecule has 0 saturated heterocycles. The molecule has 5 nitrogen and oxygen atoms in total. The topological polar surface area (TPSA) is 75.0 Å². The Morgan fingerprint density at radius 3 is 3.00 bits per heavy atom. The van der Waals surface area contributed by atoms with Gasteiger partial charge in [0, 0.05) is 12.2 Å². The van der Waals surface area contributed by atoms with Crippen LogP contribution >= 0.6 is 0 Å². The van der Waals surface area contributed by atoms with Gasteiger partial charge in [-0.1, -0.05) is 6.07 Å². The summed E-state index contributed by atoms with van der Waals surface area (Å²) in [5.74, 6) is -0.421. The van der Waals surface area contributed by atoms with Crippen LogP contribution in [0, 0.1) is 12.7 Å². The highest BCUT2D eigenvalue weighted by molar-refractivity contribution is 6.10. The number of carbonyl (C=O) groups excluding carboxylic acids is 1. The quantitative estimate of drug-likeness (QED) is 0.818. The minimum absolute atomic E-state index is 0.173. The lowest BCUT2D eigenvalue weighted by atomic mass is 10.1. The minimum Gasteiger partial charge on any atom is -0.382 e. The van der Waals surface area contributed by atoms with Crippen molar-refractivity contribution in [3.05, 3.63) is 40.8 Å². The van der Waals surface area contributed by atoms with Gasteiger partial charge in [-0.15, -0.1) is 0 Å². The van der Waals surface area contributed by atoms with E-state index in [4.69, 9.17) is 5.73 Å². The van der Waals surface area contributed by atoms with Gasteiger partial charge in [0.05, 0.1) is 5.69 Å². The Balaban J connectivity index is 2.02. The van der Waals surface area contributed by atoms with Crippen LogP contribution in [0.25, 0.3) is 0 Å². The maximum absolute atomic E-state index is 13.3. The first-order valence-electron chi connectivity index (χ1n) is 5.98. The number of nitrogens with zero attached hydrogens (tertiary/aromatic N) is 2. The van der Waals surface area contributed by atoms with Crippen molar-refractivity contribution in [3.8, 4) is 0 Å². The summed E-state index contributed by atoms with van der Waals surface area (Å²) in [7, 11) is 0. The van der Waals surface area contributed by atoms with Crippen LogP contribution < -0.4 is 10.6 Å². The van der Waals surface area contributed by atoms with E-state index in [1.54, 1.807) is 17.9 Å². The smallest absolute Gasteiger partial charge is 0.263 e. The predicted molar refractivity (Wildman–Crippen MR) is 69.5 cm³/mol. The fourth-order valence-electron chi connectivity index (χ4n) is 2.42. The predicted octanol–water partition coefficient (Wildman–Crippen LogP) is 1.64. The Morgan fingerprint density at radius 2 is 2.32 bits per heavy atom. The number of nitrogen functional groups attached to an aromatic ring is 1. The van der Waals surface area contributed by atoms with Gasteiger partial charge in [0.2, 0.25) is 0 Å². The highest BCUT2D eigenvalue weighted by Crippen LogP contribution is 2.31. The fraction of sp³-hybridized carbons (Fsp3) is 0.231. The number of rotatable bonds is 1. The molecular formula is C13H13FN4O. The normalized spacial score (nSPS) is 13.7. The second-order valence-corrected chi connectivity index (χ2v) is 4.59. The molecular weight excluding hydrogens is 247 g/mol. The van der Waals surface area contributed by atoms with Gasteiger partial charge < -0.3 is 10.6 Å². The Bertz CT molecular complexity index is 645. The summed E-state index contributed by atoms with van der Waals surface area (Å²) in [6.07, 6.45) is 0.720. The van der Waals surface area contributed by atoms with Gasteiger partial charge in [-0.2, -0.15) is 5.10 Å². The van der Waals surface area contributed by atoms with Crippen LogP contribution in [0.1, 0.15) is 21.6 Å². The van der Waals surface area contributed by atoms with Crippen LogP contribution in [0.4, 0.5) is 15.9 Å². The maximum Gasteiger partial charge on any atom is 0.263 e. The van der Waals surface area contributed by atoms with Crippen LogP contribution in [0.3, 0.4) is 0 Å². The number of H-pyrrole nitrogens is 1. The Hall–Kier alpha value is -2.37. The van der Waals surface area contributed by atoms with Crippen molar-refractivity contribution in [2.45, 2.75) is 13.3 Å². The average molecular weight is 260 g/mol. The molecule has 1 aromatic carbocycles. The number of aromatic amines is 1. The Labute approximate surface area is 109 Å². The monoisotopic (exact) mass is 260 g/mol. The molecule has 1 aliphatic heterocycles. The molecule has 1 aliphatic rings. The molecule has 2 aromatic rings. The zero-order valence-corrected chi connectivity index (χ0v) is 10.4. The summed E-state index contributed by atoms with van der Waals surface area (Å²) in [6, 6.07) is 4.50. The summed E-state index contributed by atoms with van der Waals surface area (Å²) in [4.78, 5) is 14.0. The lowest BCUT2D eigenvalue weighted by Crippen LogP contribution is -2.29. The second-order valence-electron chi connectivity index (χ2n) is 4.59. The number of carbonyl (C=O) groups is 1. The largest absolute Gasteiger partial charge is 0.382 e. The van der Waals surface area contributed by atoms with Crippen molar-refractivity contribution in [2.75, 3.05) is 17.2 Å². The number of anilines is 2. The van der Waals surface area contributed by atoms with Crippen molar-refractivity contribution in [2.24, 2.45) is 0 Å². The highest BCUT2D eigenvalue weighted by atomic mass is 19.1. The summed E-state index contributed by atoms with van der Waals surface area (Å²) in [6.45, 7) is 2.26. The van der Waals surface area contributed by atoms with Gasteiger partial charge in [-0.05, 0) is 31.0 Å². The zero-order valence-electron chi connectivity index (χ0n) is 10.4. The SMILES string of the molecule is Cc1[nH]nc(N)c1C(=O)N1CCc2ccc(F)cc21. The number of nitrogens with two attached hydrogens (primary N) is 1. The first kappa shape index (κ1) is 11.7. The third-order valence-electron chi connectivity index (χ3n) is 3.38. The lowest BCUT2D eigenvalue weighted by Gasteiger charge is -2.17. The highest BCUT2D eigenvalue weighted by Gasteiger charge is 2.29. The van der Waals surface area contributed by atoms with Gasteiger partial charge in [-0.3, -0.25) is 9.89 Å². The molecule has 1 amide bonds. The molecule has 0 aliphatic carbocycles. The third kappa shape index (κ3) is 1.76. The Kier molecular flexibility index (Phi) is 2.51. The van der Waals surface area contributed by atoms with E-state index < -0.39 is 0 Å². The van der Waals surface area contributed by atoms with Crippen molar-refractivity contribution in [1.82, 2.24) is 10.2 Å². The fourth-order valence-corrected chi connectivity index (χ4v) is 2.42. The number of hydrogen-bond acceptors (Lipinski definition) is 3. The van der Waals surface area contributed by atoms with E-state index in [1.807, 2.05) is 0 Å². The molecule has 3 rings (SSSR count). The summed E-state index contributed by atoms with van der Waals surface area (Å²) < 4.78 is 13.3. The first-order valence-corrected chi connectivity index (χ1v) is 5.98. The molecule has 3 N–H and O–H groups in total. The molecule has 0 unspecified atom stereocenters. The van der Waals surface area contributed by atoms with Crippen molar-refractivity contribution in [3.63, 3.8) is 0 Å². The molecule has 0 saturated carbocycles. The second kappa shape index (κ2) is 4.08. The van der Waals surface area contributed by atoms with Gasteiger partial charge >= 0.3 is 0 Å². The molecule has 6 heteroatoms. The molecule has 2 heterocycles. The summed E-state index contributed by atoms with van der Waals surface area (Å²) >= 11 is 0. The number of halogens is 1. The zero-order chi connectivity index (χ0) is 13.6. The van der Waals surface area contributed by atoms with E-state index in [9.17, 15) is 9.18 Å². The molecule has 19 heavy (non-hydrogen) atoms. The maximum atomic E-state index is 13.3. The number of amides is 1. The van der Waals surface area contributed by atoms with Gasteiger partial charge in [0.1, 0.15) is 11.4 Å². The number of nitrogens with one attached hydrogen (secondary N) is 1. The molecule has 0 bridgehead atoms. The van der Waals surface area contributed by atoms with E-state index in [2.05, 4.69) is 10.2 Å². The number of benzene rings is 1. The van der Waals surface area contributed by atoms with E-state index in [0.29, 0.717) is 23.5 Å². The molecule has 98 valence electrons. The minimum atomic E-state index is -0.352. The van der Waals surface area contributed by atoms with Crippen LogP contribution in [0.15, 0.2) is 18.2 Å². The van der Waals surface area contributed by atoms with Crippen LogP contribution in [-0.4, -0.2) is 22.6 Å². The van der Waals surface area contributed by atoms with Gasteiger partial charge in [0.15, 0.2) is 5.82 Å². The van der Waals surface area contributed by atoms with E-state index >= 15 is 0 Å². The van der Waals surface area contributed by atoms with Crippen molar-refractivity contribution >= 4 is 17.4 Å². The standard InChI is InChI=1S/C13H13FN4O/c1-7-11(12(15)17-16-7)13(19)18-5-4-8-2-3-9(14)6-10(8)18/h2-3,6H,4-5H2,1H3,(H3,15,16,17). The van der Waals surface area contributed by atoms with E-state index in [-0.39, 0.29) is 17.5 Å². The van der Waals surface area contributed by atoms with Crippen molar-refractivity contribution < 1.29 is 9.18 Å². The van der Waals surface area contributed by atoms with E-state index in [1.165, 1.54) is 12.1 Å². The number of fused-ring (bicyclic) bond motifs is 1. The molecule has 0 spiro atoms. The molecule has 1 aromatic heterocycles.